The summed E-state index contributed by atoms with van der Waals surface area (Å²) < 4.78 is 0. The summed E-state index contributed by atoms with van der Waals surface area (Å²) in [6, 6.07) is 71.6. The van der Waals surface area contributed by atoms with Gasteiger partial charge in [-0.2, -0.15) is 0 Å². The first kappa shape index (κ1) is 33.0. The average Bonchev–Trinajstić information content (AvgIpc) is 3.29. The number of rotatable bonds is 7. The van der Waals surface area contributed by atoms with E-state index in [1.54, 1.807) is 0 Å². The zero-order valence-corrected chi connectivity index (χ0v) is 30.4. The van der Waals surface area contributed by atoms with Crippen LogP contribution in [-0.4, -0.2) is 19.9 Å². The molecule has 0 bridgehead atoms. The summed E-state index contributed by atoms with van der Waals surface area (Å²) in [6.45, 7) is 0. The summed E-state index contributed by atoms with van der Waals surface area (Å²) in [5, 5.41) is 4.84. The van der Waals surface area contributed by atoms with E-state index in [4.69, 9.17) is 19.9 Å². The highest BCUT2D eigenvalue weighted by molar-refractivity contribution is 6.13. The van der Waals surface area contributed by atoms with E-state index < -0.39 is 0 Å². The fourth-order valence-corrected chi connectivity index (χ4v) is 7.48. The minimum absolute atomic E-state index is 0.600. The molecular formula is C52H34N4. The molecule has 10 rings (SSSR count). The maximum absolute atomic E-state index is 5.25. The third-order valence-electron chi connectivity index (χ3n) is 10.3. The molecule has 0 atom stereocenters. The molecule has 0 radical (unpaired) electrons. The lowest BCUT2D eigenvalue weighted by atomic mass is 9.95. The van der Waals surface area contributed by atoms with Gasteiger partial charge in [-0.1, -0.05) is 182 Å². The minimum atomic E-state index is 0.600. The second kappa shape index (κ2) is 14.3. The predicted molar refractivity (Wildman–Crippen MR) is 231 cm³/mol. The van der Waals surface area contributed by atoms with Crippen molar-refractivity contribution >= 4 is 21.5 Å². The molecule has 262 valence electrons. The van der Waals surface area contributed by atoms with Gasteiger partial charge in [0.25, 0.3) is 0 Å². The number of benzene rings is 8. The summed E-state index contributed by atoms with van der Waals surface area (Å²) in [6.07, 6.45) is 0. The van der Waals surface area contributed by atoms with Crippen molar-refractivity contribution in [1.82, 2.24) is 19.9 Å². The summed E-state index contributed by atoms with van der Waals surface area (Å²) in [4.78, 5) is 20.5. The predicted octanol–water partition coefficient (Wildman–Crippen LogP) is 13.2. The number of hydrogen-bond donors (Lipinski definition) is 0. The van der Waals surface area contributed by atoms with Gasteiger partial charge in [-0.25, -0.2) is 19.9 Å². The van der Waals surface area contributed by atoms with Crippen molar-refractivity contribution in [1.29, 1.82) is 0 Å². The maximum atomic E-state index is 5.25. The number of pyridine rings is 1. The fourth-order valence-electron chi connectivity index (χ4n) is 7.48. The van der Waals surface area contributed by atoms with Gasteiger partial charge >= 0.3 is 0 Å². The Morgan fingerprint density at radius 2 is 0.661 bits per heavy atom. The van der Waals surface area contributed by atoms with E-state index in [-0.39, 0.29) is 0 Å². The van der Waals surface area contributed by atoms with Gasteiger partial charge in [0.2, 0.25) is 0 Å². The fraction of sp³-hybridized carbons (Fsp3) is 0. The molecule has 0 aliphatic carbocycles. The van der Waals surface area contributed by atoms with Crippen LogP contribution in [0.5, 0.6) is 0 Å². The minimum Gasteiger partial charge on any atom is -0.248 e. The number of fused-ring (bicyclic) bond motifs is 3. The van der Waals surface area contributed by atoms with Gasteiger partial charge < -0.3 is 0 Å². The molecule has 2 aromatic heterocycles. The lowest BCUT2D eigenvalue weighted by Crippen LogP contribution is -2.00. The summed E-state index contributed by atoms with van der Waals surface area (Å²) >= 11 is 0. The Labute approximate surface area is 325 Å². The largest absolute Gasteiger partial charge is 0.248 e. The van der Waals surface area contributed by atoms with Gasteiger partial charge in [-0.15, -0.1) is 0 Å². The molecular weight excluding hydrogens is 681 g/mol. The molecule has 4 nitrogen and oxygen atoms in total. The van der Waals surface area contributed by atoms with Crippen molar-refractivity contribution in [2.24, 2.45) is 0 Å². The smallest absolute Gasteiger partial charge is 0.164 e. The molecule has 2 heterocycles. The van der Waals surface area contributed by atoms with Gasteiger partial charge in [-0.3, -0.25) is 0 Å². The standard InChI is InChI=1S/C52H34N4/c1-3-13-35(14-4-1)37-25-29-39(30-26-37)50-54-51(40-31-27-38(28-32-40)36-15-5-2-6-16-36)56-52(55-50)43-19-11-18-42(33-43)48-23-12-24-49(53-48)47-34-41-17-7-8-20-44(41)45-21-9-10-22-46(45)47/h1-34H. The van der Waals surface area contributed by atoms with Crippen LogP contribution in [0.2, 0.25) is 0 Å². The number of nitrogens with zero attached hydrogens (tertiary/aromatic N) is 4. The van der Waals surface area contributed by atoms with Crippen LogP contribution in [0.3, 0.4) is 0 Å². The third kappa shape index (κ3) is 6.40. The quantitative estimate of drug-likeness (QED) is 0.154. The monoisotopic (exact) mass is 714 g/mol. The van der Waals surface area contributed by atoms with E-state index in [0.29, 0.717) is 17.5 Å². The lowest BCUT2D eigenvalue weighted by molar-refractivity contribution is 1.07. The molecule has 0 saturated heterocycles. The molecule has 10 aromatic rings. The Bertz CT molecular complexity index is 2890. The van der Waals surface area contributed by atoms with Crippen LogP contribution in [0.1, 0.15) is 0 Å². The molecule has 0 N–H and O–H groups in total. The molecule has 0 spiro atoms. The third-order valence-corrected chi connectivity index (χ3v) is 10.3. The van der Waals surface area contributed by atoms with E-state index in [1.807, 2.05) is 12.1 Å². The van der Waals surface area contributed by atoms with Crippen LogP contribution < -0.4 is 0 Å². The van der Waals surface area contributed by atoms with Crippen LogP contribution in [0.25, 0.3) is 100 Å². The van der Waals surface area contributed by atoms with Crippen LogP contribution in [-0.2, 0) is 0 Å². The number of hydrogen-bond acceptors (Lipinski definition) is 4. The molecule has 8 aromatic carbocycles. The molecule has 0 saturated carbocycles. The topological polar surface area (TPSA) is 51.6 Å². The highest BCUT2D eigenvalue weighted by Gasteiger charge is 2.15. The molecule has 0 unspecified atom stereocenters. The average molecular weight is 715 g/mol. The first-order chi connectivity index (χ1) is 27.7. The highest BCUT2D eigenvalue weighted by atomic mass is 15.0. The van der Waals surface area contributed by atoms with Crippen LogP contribution in [0, 0.1) is 0 Å². The van der Waals surface area contributed by atoms with Crippen LogP contribution >= 0.6 is 0 Å². The number of aromatic nitrogens is 4. The zero-order chi connectivity index (χ0) is 37.3. The van der Waals surface area contributed by atoms with Crippen molar-refractivity contribution < 1.29 is 0 Å². The van der Waals surface area contributed by atoms with Gasteiger partial charge in [0, 0.05) is 27.8 Å². The molecule has 0 amide bonds. The second-order valence-electron chi connectivity index (χ2n) is 13.9. The van der Waals surface area contributed by atoms with Crippen molar-refractivity contribution in [3.05, 3.63) is 206 Å². The Balaban J connectivity index is 1.06. The van der Waals surface area contributed by atoms with E-state index in [9.17, 15) is 0 Å². The SMILES string of the molecule is c1ccc(-c2ccc(-c3nc(-c4ccc(-c5ccccc5)cc4)nc(-c4cccc(-c5cccc(-c6cc7ccccc7c7ccccc67)n5)c4)n3)cc2)cc1. The maximum Gasteiger partial charge on any atom is 0.164 e. The van der Waals surface area contributed by atoms with Crippen molar-refractivity contribution in [2.45, 2.75) is 0 Å². The molecule has 0 aliphatic rings. The summed E-state index contributed by atoms with van der Waals surface area (Å²) in [5.41, 5.74) is 11.2. The van der Waals surface area contributed by atoms with E-state index in [1.165, 1.54) is 21.5 Å². The normalized spacial score (nSPS) is 11.2. The van der Waals surface area contributed by atoms with Gasteiger partial charge in [-0.05, 0) is 68.1 Å². The van der Waals surface area contributed by atoms with Gasteiger partial charge in [0.05, 0.1) is 11.4 Å². The Kier molecular flexibility index (Phi) is 8.47. The summed E-state index contributed by atoms with van der Waals surface area (Å²) in [5.74, 6) is 1.83. The Morgan fingerprint density at radius 3 is 1.29 bits per heavy atom. The second-order valence-corrected chi connectivity index (χ2v) is 13.9. The Hall–Kier alpha value is -7.56. The van der Waals surface area contributed by atoms with E-state index >= 15 is 0 Å². The lowest BCUT2D eigenvalue weighted by Gasteiger charge is -2.12. The van der Waals surface area contributed by atoms with Crippen molar-refractivity contribution in [3.63, 3.8) is 0 Å². The van der Waals surface area contributed by atoms with Crippen LogP contribution in [0.4, 0.5) is 0 Å². The molecule has 4 heteroatoms. The van der Waals surface area contributed by atoms with Gasteiger partial charge in [0.15, 0.2) is 17.5 Å². The van der Waals surface area contributed by atoms with Crippen LogP contribution in [0.15, 0.2) is 206 Å². The zero-order valence-electron chi connectivity index (χ0n) is 30.4. The summed E-state index contributed by atoms with van der Waals surface area (Å²) in [7, 11) is 0. The van der Waals surface area contributed by atoms with E-state index in [0.717, 1.165) is 61.5 Å². The van der Waals surface area contributed by atoms with Gasteiger partial charge in [0.1, 0.15) is 0 Å². The van der Waals surface area contributed by atoms with Crippen molar-refractivity contribution in [3.8, 4) is 78.9 Å². The Morgan fingerprint density at radius 1 is 0.232 bits per heavy atom. The first-order valence-electron chi connectivity index (χ1n) is 18.8. The molecule has 0 aliphatic heterocycles. The molecule has 0 fully saturated rings. The van der Waals surface area contributed by atoms with E-state index in [2.05, 4.69) is 194 Å². The molecule has 56 heavy (non-hydrogen) atoms. The highest BCUT2D eigenvalue weighted by Crippen LogP contribution is 2.36. The first-order valence-corrected chi connectivity index (χ1v) is 18.8. The van der Waals surface area contributed by atoms with Crippen molar-refractivity contribution in [2.75, 3.05) is 0 Å².